The third-order valence-electron chi connectivity index (χ3n) is 3.19. The number of nitrogens with one attached hydrogen (secondary N) is 1. The van der Waals surface area contributed by atoms with Gasteiger partial charge in [-0.3, -0.25) is 9.69 Å². The molecule has 6 nitrogen and oxygen atoms in total. The summed E-state index contributed by atoms with van der Waals surface area (Å²) in [5, 5.41) is 11.3. The molecule has 0 saturated carbocycles. The average Bonchev–Trinajstić information content (AvgIpc) is 2.36. The highest BCUT2D eigenvalue weighted by atomic mass is 16.4. The van der Waals surface area contributed by atoms with Crippen molar-refractivity contribution in [2.24, 2.45) is 0 Å². The SMILES string of the molecule is CCN1CCc2nc(NCC(=O)O)nc(C)c2C1. The highest BCUT2D eigenvalue weighted by Crippen LogP contribution is 2.20. The van der Waals surface area contributed by atoms with Gasteiger partial charge in [-0.05, 0) is 13.5 Å². The molecule has 1 aromatic rings. The molecule has 0 atom stereocenters. The van der Waals surface area contributed by atoms with E-state index in [0.717, 1.165) is 37.4 Å². The normalized spacial score (nSPS) is 15.2. The van der Waals surface area contributed by atoms with Gasteiger partial charge < -0.3 is 10.4 Å². The number of carbonyl (C=O) groups is 1. The van der Waals surface area contributed by atoms with Crippen LogP contribution in [0.2, 0.25) is 0 Å². The topological polar surface area (TPSA) is 78.4 Å². The number of nitrogens with zero attached hydrogens (tertiary/aromatic N) is 3. The Labute approximate surface area is 106 Å². The lowest BCUT2D eigenvalue weighted by Crippen LogP contribution is -2.32. The first-order valence-electron chi connectivity index (χ1n) is 6.14. The number of carboxylic acid groups (broad SMARTS) is 1. The van der Waals surface area contributed by atoms with Crippen LogP contribution < -0.4 is 5.32 Å². The van der Waals surface area contributed by atoms with Crippen LogP contribution >= 0.6 is 0 Å². The zero-order chi connectivity index (χ0) is 13.1. The largest absolute Gasteiger partial charge is 0.480 e. The van der Waals surface area contributed by atoms with E-state index < -0.39 is 5.97 Å². The Bertz CT molecular complexity index is 462. The molecule has 98 valence electrons. The smallest absolute Gasteiger partial charge is 0.322 e. The van der Waals surface area contributed by atoms with Gasteiger partial charge in [0, 0.05) is 30.8 Å². The maximum Gasteiger partial charge on any atom is 0.322 e. The Hall–Kier alpha value is -1.69. The van der Waals surface area contributed by atoms with Gasteiger partial charge in [-0.25, -0.2) is 9.97 Å². The van der Waals surface area contributed by atoms with Crippen LogP contribution in [0.25, 0.3) is 0 Å². The van der Waals surface area contributed by atoms with Gasteiger partial charge in [0.2, 0.25) is 5.95 Å². The fraction of sp³-hybridized carbons (Fsp3) is 0.583. The summed E-state index contributed by atoms with van der Waals surface area (Å²) in [6.07, 6.45) is 0.897. The van der Waals surface area contributed by atoms with Crippen molar-refractivity contribution in [3.63, 3.8) is 0 Å². The number of carboxylic acids is 1. The summed E-state index contributed by atoms with van der Waals surface area (Å²) >= 11 is 0. The standard InChI is InChI=1S/C12H18N4O2/c1-3-16-5-4-10-9(7-16)8(2)14-12(15-10)13-6-11(17)18/h3-7H2,1-2H3,(H,17,18)(H,13,14,15). The first kappa shape index (κ1) is 12.8. The van der Waals surface area contributed by atoms with Crippen LogP contribution in [0, 0.1) is 6.92 Å². The van der Waals surface area contributed by atoms with Gasteiger partial charge in [0.1, 0.15) is 6.54 Å². The maximum absolute atomic E-state index is 10.5. The van der Waals surface area contributed by atoms with E-state index in [-0.39, 0.29) is 6.54 Å². The molecule has 0 spiro atoms. The molecule has 0 unspecified atom stereocenters. The Balaban J connectivity index is 2.19. The molecule has 1 aliphatic rings. The van der Waals surface area contributed by atoms with Gasteiger partial charge in [0.25, 0.3) is 0 Å². The molecule has 0 bridgehead atoms. The minimum absolute atomic E-state index is 0.153. The molecule has 0 amide bonds. The minimum Gasteiger partial charge on any atom is -0.480 e. The number of rotatable bonds is 4. The van der Waals surface area contributed by atoms with Gasteiger partial charge in [-0.1, -0.05) is 6.92 Å². The Morgan fingerprint density at radius 2 is 2.28 bits per heavy atom. The second-order valence-electron chi connectivity index (χ2n) is 4.42. The van der Waals surface area contributed by atoms with E-state index in [4.69, 9.17) is 5.11 Å². The molecular weight excluding hydrogens is 232 g/mol. The number of hydrogen-bond donors (Lipinski definition) is 2. The van der Waals surface area contributed by atoms with Crippen molar-refractivity contribution >= 4 is 11.9 Å². The third kappa shape index (κ3) is 2.76. The second-order valence-corrected chi connectivity index (χ2v) is 4.42. The summed E-state index contributed by atoms with van der Waals surface area (Å²) in [7, 11) is 0. The van der Waals surface area contributed by atoms with E-state index in [1.165, 1.54) is 5.56 Å². The number of aryl methyl sites for hydroxylation is 1. The van der Waals surface area contributed by atoms with Crippen LogP contribution in [0.3, 0.4) is 0 Å². The first-order chi connectivity index (χ1) is 8.60. The van der Waals surface area contributed by atoms with Gasteiger partial charge in [-0.15, -0.1) is 0 Å². The number of fused-ring (bicyclic) bond motifs is 1. The van der Waals surface area contributed by atoms with Crippen LogP contribution in [-0.2, 0) is 17.8 Å². The lowest BCUT2D eigenvalue weighted by atomic mass is 10.0. The lowest BCUT2D eigenvalue weighted by molar-refractivity contribution is -0.134. The number of hydrogen-bond acceptors (Lipinski definition) is 5. The predicted octanol–water partition coefficient (Wildman–Crippen LogP) is 0.660. The zero-order valence-corrected chi connectivity index (χ0v) is 10.7. The van der Waals surface area contributed by atoms with Crippen molar-refractivity contribution in [3.05, 3.63) is 17.0 Å². The fourth-order valence-electron chi connectivity index (χ4n) is 2.14. The van der Waals surface area contributed by atoms with Crippen LogP contribution in [-0.4, -0.2) is 45.6 Å². The van der Waals surface area contributed by atoms with Crippen molar-refractivity contribution in [2.45, 2.75) is 26.8 Å². The number of likely N-dealkylation sites (N-methyl/N-ethyl adjacent to an activating group) is 1. The molecule has 18 heavy (non-hydrogen) atoms. The highest BCUT2D eigenvalue weighted by molar-refractivity contribution is 5.71. The monoisotopic (exact) mass is 250 g/mol. The van der Waals surface area contributed by atoms with Crippen LogP contribution in [0.15, 0.2) is 0 Å². The Morgan fingerprint density at radius 3 is 2.94 bits per heavy atom. The first-order valence-corrected chi connectivity index (χ1v) is 6.14. The highest BCUT2D eigenvalue weighted by Gasteiger charge is 2.19. The van der Waals surface area contributed by atoms with Crippen molar-refractivity contribution in [2.75, 3.05) is 25.0 Å². The summed E-state index contributed by atoms with van der Waals surface area (Å²) in [4.78, 5) is 21.6. The number of aliphatic carboxylic acids is 1. The minimum atomic E-state index is -0.911. The second kappa shape index (κ2) is 5.30. The van der Waals surface area contributed by atoms with Crippen LogP contribution in [0.5, 0.6) is 0 Å². The van der Waals surface area contributed by atoms with Gasteiger partial charge in [-0.2, -0.15) is 0 Å². The Kier molecular flexibility index (Phi) is 3.76. The van der Waals surface area contributed by atoms with E-state index in [2.05, 4.69) is 27.1 Å². The van der Waals surface area contributed by atoms with Gasteiger partial charge >= 0.3 is 5.97 Å². The van der Waals surface area contributed by atoms with E-state index in [0.29, 0.717) is 5.95 Å². The van der Waals surface area contributed by atoms with E-state index in [9.17, 15) is 4.79 Å². The summed E-state index contributed by atoms with van der Waals surface area (Å²) in [6, 6.07) is 0. The van der Waals surface area contributed by atoms with Crippen LogP contribution in [0.1, 0.15) is 23.9 Å². The summed E-state index contributed by atoms with van der Waals surface area (Å²) in [6.45, 7) is 6.85. The molecular formula is C12H18N4O2. The molecule has 6 heteroatoms. The molecule has 0 radical (unpaired) electrons. The predicted molar refractivity (Wildman–Crippen MR) is 67.5 cm³/mol. The fourth-order valence-corrected chi connectivity index (χ4v) is 2.14. The Morgan fingerprint density at radius 1 is 1.50 bits per heavy atom. The molecule has 0 fully saturated rings. The lowest BCUT2D eigenvalue weighted by Gasteiger charge is -2.27. The number of aromatic nitrogens is 2. The van der Waals surface area contributed by atoms with Crippen molar-refractivity contribution in [1.82, 2.24) is 14.9 Å². The third-order valence-corrected chi connectivity index (χ3v) is 3.19. The maximum atomic E-state index is 10.5. The van der Waals surface area contributed by atoms with Gasteiger partial charge in [0.15, 0.2) is 0 Å². The summed E-state index contributed by atoms with van der Waals surface area (Å²) in [5.74, 6) is -0.496. The van der Waals surface area contributed by atoms with Crippen LogP contribution in [0.4, 0.5) is 5.95 Å². The van der Waals surface area contributed by atoms with E-state index in [1.807, 2.05) is 6.92 Å². The number of anilines is 1. The van der Waals surface area contributed by atoms with Gasteiger partial charge in [0.05, 0.1) is 5.69 Å². The molecule has 2 heterocycles. The van der Waals surface area contributed by atoms with Crippen molar-refractivity contribution in [3.8, 4) is 0 Å². The summed E-state index contributed by atoms with van der Waals surface area (Å²) in [5.41, 5.74) is 3.16. The molecule has 1 aromatic heterocycles. The quantitative estimate of drug-likeness (QED) is 0.817. The molecule has 0 saturated heterocycles. The summed E-state index contributed by atoms with van der Waals surface area (Å²) < 4.78 is 0. The average molecular weight is 250 g/mol. The van der Waals surface area contributed by atoms with Crippen molar-refractivity contribution < 1.29 is 9.90 Å². The molecule has 0 aliphatic carbocycles. The molecule has 0 aromatic carbocycles. The molecule has 2 N–H and O–H groups in total. The molecule has 1 aliphatic heterocycles. The van der Waals surface area contributed by atoms with E-state index in [1.54, 1.807) is 0 Å². The van der Waals surface area contributed by atoms with E-state index >= 15 is 0 Å². The van der Waals surface area contributed by atoms with Crippen molar-refractivity contribution in [1.29, 1.82) is 0 Å². The zero-order valence-electron chi connectivity index (χ0n) is 10.7. The molecule has 2 rings (SSSR count).